The lowest BCUT2D eigenvalue weighted by Crippen LogP contribution is -2.30. The summed E-state index contributed by atoms with van der Waals surface area (Å²) in [4.78, 5) is 24.0. The van der Waals surface area contributed by atoms with Gasteiger partial charge in [-0.3, -0.25) is 9.78 Å². The lowest BCUT2D eigenvalue weighted by molar-refractivity contribution is 0.0951. The average Bonchev–Trinajstić information content (AvgIpc) is 2.79. The maximum absolute atomic E-state index is 12.5. The summed E-state index contributed by atoms with van der Waals surface area (Å²) >= 11 is 0. The number of hydrogen-bond acceptors (Lipinski definition) is 4. The Morgan fingerprint density at radius 3 is 2.34 bits per heavy atom. The van der Waals surface area contributed by atoms with E-state index in [1.165, 1.54) is 24.8 Å². The summed E-state index contributed by atoms with van der Waals surface area (Å²) < 4.78 is 0. The number of aryl methyl sites for hydroxylation is 1. The molecular weight excluding hydrogens is 360 g/mol. The quantitative estimate of drug-likeness (QED) is 0.707. The van der Waals surface area contributed by atoms with E-state index in [9.17, 15) is 4.79 Å². The number of nitrogens with one attached hydrogen (secondary N) is 1. The van der Waals surface area contributed by atoms with Gasteiger partial charge in [0, 0.05) is 43.2 Å². The summed E-state index contributed by atoms with van der Waals surface area (Å²) in [6.07, 6.45) is 7.13. The summed E-state index contributed by atoms with van der Waals surface area (Å²) in [6.45, 7) is 4.61. The van der Waals surface area contributed by atoms with Crippen molar-refractivity contribution in [2.24, 2.45) is 0 Å². The summed E-state index contributed by atoms with van der Waals surface area (Å²) in [5.74, 6) is 0.858. The second kappa shape index (κ2) is 8.86. The van der Waals surface area contributed by atoms with Crippen LogP contribution in [0.4, 0.5) is 5.82 Å². The van der Waals surface area contributed by atoms with E-state index in [0.717, 1.165) is 35.7 Å². The molecule has 1 fully saturated rings. The lowest BCUT2D eigenvalue weighted by Gasteiger charge is -2.28. The van der Waals surface area contributed by atoms with Crippen molar-refractivity contribution in [1.82, 2.24) is 15.3 Å². The van der Waals surface area contributed by atoms with Gasteiger partial charge in [0.2, 0.25) is 0 Å². The third-order valence-corrected chi connectivity index (χ3v) is 5.33. The topological polar surface area (TPSA) is 58.1 Å². The maximum atomic E-state index is 12.5. The maximum Gasteiger partial charge on any atom is 0.251 e. The van der Waals surface area contributed by atoms with Gasteiger partial charge in [-0.2, -0.15) is 0 Å². The second-order valence-electron chi connectivity index (χ2n) is 7.52. The Kier molecular flexibility index (Phi) is 5.84. The van der Waals surface area contributed by atoms with E-state index in [4.69, 9.17) is 0 Å². The lowest BCUT2D eigenvalue weighted by atomic mass is 10.1. The molecule has 148 valence electrons. The van der Waals surface area contributed by atoms with Crippen LogP contribution in [0.5, 0.6) is 0 Å². The van der Waals surface area contributed by atoms with E-state index in [0.29, 0.717) is 12.1 Å². The molecule has 0 unspecified atom stereocenters. The van der Waals surface area contributed by atoms with Crippen molar-refractivity contribution in [3.63, 3.8) is 0 Å². The highest BCUT2D eigenvalue weighted by Crippen LogP contribution is 2.28. The van der Waals surface area contributed by atoms with Gasteiger partial charge >= 0.3 is 0 Å². The number of amides is 1. The molecule has 0 bridgehead atoms. The van der Waals surface area contributed by atoms with Crippen LogP contribution in [-0.2, 0) is 6.54 Å². The number of piperidine rings is 1. The van der Waals surface area contributed by atoms with Crippen LogP contribution in [-0.4, -0.2) is 29.0 Å². The van der Waals surface area contributed by atoms with E-state index < -0.39 is 0 Å². The van der Waals surface area contributed by atoms with Crippen molar-refractivity contribution < 1.29 is 4.79 Å². The van der Waals surface area contributed by atoms with Crippen molar-refractivity contribution in [1.29, 1.82) is 0 Å². The number of rotatable bonds is 5. The molecule has 0 atom stereocenters. The van der Waals surface area contributed by atoms with Crippen LogP contribution in [0.1, 0.15) is 40.7 Å². The number of anilines is 1. The van der Waals surface area contributed by atoms with Gasteiger partial charge in [0.15, 0.2) is 5.82 Å². The van der Waals surface area contributed by atoms with Crippen LogP contribution < -0.4 is 10.2 Å². The van der Waals surface area contributed by atoms with Crippen molar-refractivity contribution >= 4 is 11.7 Å². The molecule has 1 aliphatic heterocycles. The van der Waals surface area contributed by atoms with Crippen LogP contribution in [0.3, 0.4) is 0 Å². The Hall–Kier alpha value is -3.21. The van der Waals surface area contributed by atoms with Gasteiger partial charge in [0.1, 0.15) is 5.69 Å². The molecule has 1 amide bonds. The third kappa shape index (κ3) is 4.62. The highest BCUT2D eigenvalue weighted by molar-refractivity contribution is 5.94. The summed E-state index contributed by atoms with van der Waals surface area (Å²) in [7, 11) is 0. The van der Waals surface area contributed by atoms with Crippen molar-refractivity contribution in [3.05, 3.63) is 77.6 Å². The minimum absolute atomic E-state index is 0.0764. The number of benzene rings is 2. The number of hydrogen-bond donors (Lipinski definition) is 1. The minimum Gasteiger partial charge on any atom is -0.355 e. The molecule has 3 aromatic rings. The van der Waals surface area contributed by atoms with E-state index >= 15 is 0 Å². The van der Waals surface area contributed by atoms with E-state index in [1.807, 2.05) is 36.4 Å². The normalized spacial score (nSPS) is 13.9. The van der Waals surface area contributed by atoms with Gasteiger partial charge in [0.25, 0.3) is 5.91 Å². The molecule has 0 radical (unpaired) electrons. The van der Waals surface area contributed by atoms with Crippen LogP contribution in [0.15, 0.2) is 60.9 Å². The van der Waals surface area contributed by atoms with Gasteiger partial charge in [-0.05, 0) is 43.9 Å². The summed E-state index contributed by atoms with van der Waals surface area (Å²) in [5, 5.41) is 2.98. The van der Waals surface area contributed by atoms with E-state index in [1.54, 1.807) is 12.4 Å². The number of aromatic nitrogens is 2. The van der Waals surface area contributed by atoms with Crippen LogP contribution in [0, 0.1) is 6.92 Å². The predicted octanol–water partition coefficient (Wildman–Crippen LogP) is 4.37. The van der Waals surface area contributed by atoms with Crippen molar-refractivity contribution in [3.8, 4) is 11.3 Å². The molecule has 5 heteroatoms. The van der Waals surface area contributed by atoms with Gasteiger partial charge in [0.05, 0.1) is 0 Å². The Balaban J connectivity index is 1.46. The van der Waals surface area contributed by atoms with Crippen LogP contribution in [0.2, 0.25) is 0 Å². The fourth-order valence-corrected chi connectivity index (χ4v) is 3.64. The van der Waals surface area contributed by atoms with Gasteiger partial charge in [-0.1, -0.05) is 42.0 Å². The van der Waals surface area contributed by atoms with Gasteiger partial charge < -0.3 is 10.2 Å². The first-order valence-electron chi connectivity index (χ1n) is 10.2. The Labute approximate surface area is 171 Å². The zero-order valence-electron chi connectivity index (χ0n) is 16.8. The molecule has 0 spiro atoms. The largest absolute Gasteiger partial charge is 0.355 e. The zero-order valence-corrected chi connectivity index (χ0v) is 16.8. The number of nitrogens with zero attached hydrogens (tertiary/aromatic N) is 3. The molecule has 0 aliphatic carbocycles. The molecule has 1 saturated heterocycles. The molecule has 0 saturated carbocycles. The Bertz CT molecular complexity index is 961. The first-order chi connectivity index (χ1) is 14.2. The van der Waals surface area contributed by atoms with E-state index in [2.05, 4.69) is 39.2 Å². The predicted molar refractivity (Wildman–Crippen MR) is 116 cm³/mol. The monoisotopic (exact) mass is 386 g/mol. The summed E-state index contributed by atoms with van der Waals surface area (Å²) in [6, 6.07) is 15.8. The van der Waals surface area contributed by atoms with Gasteiger partial charge in [-0.25, -0.2) is 4.98 Å². The molecule has 5 nitrogen and oxygen atoms in total. The minimum atomic E-state index is -0.0764. The van der Waals surface area contributed by atoms with Crippen molar-refractivity contribution in [2.45, 2.75) is 32.7 Å². The van der Waals surface area contributed by atoms with Crippen LogP contribution >= 0.6 is 0 Å². The number of carbonyl (C=O) groups is 1. The van der Waals surface area contributed by atoms with Crippen molar-refractivity contribution in [2.75, 3.05) is 18.0 Å². The molecule has 1 N–H and O–H groups in total. The number of carbonyl (C=O) groups excluding carboxylic acids is 1. The fraction of sp³-hybridized carbons (Fsp3) is 0.292. The first kappa shape index (κ1) is 19.1. The Morgan fingerprint density at radius 1 is 0.931 bits per heavy atom. The standard InChI is InChI=1S/C24H26N4O/c1-18-5-7-19(8-6-18)17-27-24(29)21-11-9-20(10-12-21)22-23(26-14-13-25-22)28-15-3-2-4-16-28/h5-14H,2-4,15-17H2,1H3,(H,27,29). The fourth-order valence-electron chi connectivity index (χ4n) is 3.64. The zero-order chi connectivity index (χ0) is 20.1. The van der Waals surface area contributed by atoms with Gasteiger partial charge in [-0.15, -0.1) is 0 Å². The second-order valence-corrected chi connectivity index (χ2v) is 7.52. The molecule has 2 heterocycles. The summed E-state index contributed by atoms with van der Waals surface area (Å²) in [5.41, 5.74) is 4.80. The molecule has 2 aromatic carbocycles. The highest BCUT2D eigenvalue weighted by atomic mass is 16.1. The smallest absolute Gasteiger partial charge is 0.251 e. The first-order valence-corrected chi connectivity index (χ1v) is 10.2. The average molecular weight is 386 g/mol. The molecule has 1 aliphatic rings. The molecule has 1 aromatic heterocycles. The SMILES string of the molecule is Cc1ccc(CNC(=O)c2ccc(-c3nccnc3N3CCCCC3)cc2)cc1. The van der Waals surface area contributed by atoms with Crippen LogP contribution in [0.25, 0.3) is 11.3 Å². The van der Waals surface area contributed by atoms with E-state index in [-0.39, 0.29) is 5.91 Å². The molecule has 29 heavy (non-hydrogen) atoms. The molecular formula is C24H26N4O. The highest BCUT2D eigenvalue weighted by Gasteiger charge is 2.18. The molecule has 4 rings (SSSR count). The Morgan fingerprint density at radius 2 is 1.62 bits per heavy atom. The third-order valence-electron chi connectivity index (χ3n) is 5.33.